The first-order valence-electron chi connectivity index (χ1n) is 16.1. The summed E-state index contributed by atoms with van der Waals surface area (Å²) >= 11 is 1.76. The van der Waals surface area contributed by atoms with E-state index in [1.54, 1.807) is 11.3 Å². The maximum absolute atomic E-state index is 6.51. The molecule has 0 bridgehead atoms. The van der Waals surface area contributed by atoms with E-state index in [-0.39, 0.29) is 21.8 Å². The summed E-state index contributed by atoms with van der Waals surface area (Å²) < 4.78 is 6.51. The maximum Gasteiger partial charge on any atom is 0.166 e. The monoisotopic (exact) mass is 614 g/mol. The first kappa shape index (κ1) is 34.0. The highest BCUT2D eigenvalue weighted by Crippen LogP contribution is 2.41. The molecule has 3 heterocycles. The van der Waals surface area contributed by atoms with Crippen LogP contribution in [0.3, 0.4) is 0 Å². The Hall–Kier alpha value is -2.88. The second kappa shape index (κ2) is 12.5. The van der Waals surface area contributed by atoms with Crippen LogP contribution in [0.2, 0.25) is 0 Å². The predicted molar refractivity (Wildman–Crippen MR) is 187 cm³/mol. The average Bonchev–Trinajstić information content (AvgIpc) is 3.39. The van der Waals surface area contributed by atoms with Crippen LogP contribution in [0.25, 0.3) is 10.4 Å². The molecule has 44 heavy (non-hydrogen) atoms. The van der Waals surface area contributed by atoms with E-state index in [0.717, 1.165) is 34.5 Å². The highest BCUT2D eigenvalue weighted by molar-refractivity contribution is 7.15. The lowest BCUT2D eigenvalue weighted by Gasteiger charge is -2.43. The number of ether oxygens (including phenoxy) is 1. The smallest absolute Gasteiger partial charge is 0.166 e. The standard InChI is InChI=1S/C38H54N4OS/c1-35(2,3)17-16-25-19-27(32(37(7,8)9)28(20-25)36(4,5)6)24-43-30-21-26(22-40-33(30)39)31-23-41-34(44-31)29-15-13-14-18-42(29)38(10,11)12/h19-23,29H,13-15,18,24H2,1-12H3,(H2,39,40). The topological polar surface area (TPSA) is 64.3 Å². The summed E-state index contributed by atoms with van der Waals surface area (Å²) in [6.45, 7) is 28.4. The molecule has 1 aliphatic rings. The summed E-state index contributed by atoms with van der Waals surface area (Å²) in [5, 5.41) is 1.17. The zero-order valence-corrected chi connectivity index (χ0v) is 30.1. The largest absolute Gasteiger partial charge is 0.485 e. The summed E-state index contributed by atoms with van der Waals surface area (Å²) in [6.07, 6.45) is 7.45. The molecule has 1 aromatic carbocycles. The molecular formula is C38H54N4OS. The molecule has 1 atom stereocenters. The summed E-state index contributed by atoms with van der Waals surface area (Å²) in [7, 11) is 0. The maximum atomic E-state index is 6.51. The number of nitrogen functional groups attached to an aromatic ring is 1. The molecule has 0 radical (unpaired) electrons. The Morgan fingerprint density at radius 2 is 1.61 bits per heavy atom. The van der Waals surface area contributed by atoms with E-state index in [0.29, 0.717) is 24.2 Å². The van der Waals surface area contributed by atoms with Crippen LogP contribution in [-0.4, -0.2) is 27.0 Å². The van der Waals surface area contributed by atoms with E-state index >= 15 is 0 Å². The Kier molecular flexibility index (Phi) is 9.65. The molecule has 5 nitrogen and oxygen atoms in total. The van der Waals surface area contributed by atoms with Gasteiger partial charge in [-0.25, -0.2) is 9.97 Å². The number of pyridine rings is 1. The van der Waals surface area contributed by atoms with Gasteiger partial charge in [-0.05, 0) is 107 Å². The molecule has 1 unspecified atom stereocenters. The fourth-order valence-electron chi connectivity index (χ4n) is 6.05. The molecule has 1 saturated heterocycles. The third-order valence-corrected chi connectivity index (χ3v) is 9.23. The number of nitrogens with two attached hydrogens (primary N) is 1. The number of benzene rings is 1. The zero-order chi connectivity index (χ0) is 32.7. The molecule has 1 fully saturated rings. The molecule has 3 aromatic rings. The van der Waals surface area contributed by atoms with Gasteiger partial charge in [-0.1, -0.05) is 59.8 Å². The normalized spacial score (nSPS) is 16.9. The minimum atomic E-state index is -0.0830. The number of nitrogens with zero attached hydrogens (tertiary/aromatic N) is 3. The number of likely N-dealkylation sites (tertiary alicyclic amines) is 1. The minimum absolute atomic E-state index is 0.0535. The third-order valence-electron chi connectivity index (χ3n) is 8.08. The Balaban J connectivity index is 1.68. The van der Waals surface area contributed by atoms with E-state index in [9.17, 15) is 0 Å². The first-order chi connectivity index (χ1) is 20.2. The molecule has 0 saturated carbocycles. The van der Waals surface area contributed by atoms with Gasteiger partial charge < -0.3 is 10.5 Å². The number of hydrogen-bond acceptors (Lipinski definition) is 6. The SMILES string of the molecule is CC(C)(C)C#Cc1cc(COc2cc(-c3cnc(C4CCCCN4C(C)(C)C)s3)cnc2N)c(C(C)(C)C)c(C(C)(C)C)c1. The Labute approximate surface area is 271 Å². The van der Waals surface area contributed by atoms with E-state index in [4.69, 9.17) is 15.5 Å². The highest BCUT2D eigenvalue weighted by atomic mass is 32.1. The lowest BCUT2D eigenvalue weighted by molar-refractivity contribution is 0.0508. The van der Waals surface area contributed by atoms with Crippen molar-refractivity contribution in [2.75, 3.05) is 12.3 Å². The molecular weight excluding hydrogens is 561 g/mol. The third kappa shape index (κ3) is 8.23. The molecule has 0 spiro atoms. The summed E-state index contributed by atoms with van der Waals surface area (Å²) in [6, 6.07) is 6.84. The van der Waals surface area contributed by atoms with E-state index in [2.05, 4.69) is 117 Å². The molecule has 0 amide bonds. The van der Waals surface area contributed by atoms with Crippen molar-refractivity contribution in [1.82, 2.24) is 14.9 Å². The fourth-order valence-corrected chi connectivity index (χ4v) is 7.10. The van der Waals surface area contributed by atoms with Gasteiger partial charge in [-0.15, -0.1) is 11.3 Å². The van der Waals surface area contributed by atoms with Crippen LogP contribution in [0, 0.1) is 17.3 Å². The van der Waals surface area contributed by atoms with Crippen LogP contribution in [-0.2, 0) is 17.4 Å². The van der Waals surface area contributed by atoms with Crippen molar-refractivity contribution in [3.05, 3.63) is 57.9 Å². The fraction of sp³-hybridized carbons (Fsp3) is 0.579. The van der Waals surface area contributed by atoms with Crippen LogP contribution < -0.4 is 10.5 Å². The van der Waals surface area contributed by atoms with Crippen LogP contribution in [0.15, 0.2) is 30.6 Å². The number of rotatable bonds is 5. The Morgan fingerprint density at radius 3 is 2.23 bits per heavy atom. The second-order valence-corrected chi connectivity index (χ2v) is 17.5. The van der Waals surface area contributed by atoms with Crippen LogP contribution in [0.5, 0.6) is 5.75 Å². The summed E-state index contributed by atoms with van der Waals surface area (Å²) in [4.78, 5) is 13.1. The van der Waals surface area contributed by atoms with Gasteiger partial charge in [0.1, 0.15) is 11.6 Å². The van der Waals surface area contributed by atoms with Crippen molar-refractivity contribution >= 4 is 17.2 Å². The molecule has 2 aromatic heterocycles. The van der Waals surface area contributed by atoms with Gasteiger partial charge in [0.2, 0.25) is 0 Å². The van der Waals surface area contributed by atoms with Crippen molar-refractivity contribution in [1.29, 1.82) is 0 Å². The molecule has 238 valence electrons. The van der Waals surface area contributed by atoms with Gasteiger partial charge >= 0.3 is 0 Å². The zero-order valence-electron chi connectivity index (χ0n) is 29.2. The van der Waals surface area contributed by atoms with Crippen molar-refractivity contribution in [2.45, 2.75) is 131 Å². The van der Waals surface area contributed by atoms with Crippen molar-refractivity contribution in [3.8, 4) is 28.0 Å². The molecule has 6 heteroatoms. The van der Waals surface area contributed by atoms with Gasteiger partial charge in [0.15, 0.2) is 11.6 Å². The number of aromatic nitrogens is 2. The number of thiazole rings is 1. The van der Waals surface area contributed by atoms with Crippen molar-refractivity contribution in [2.24, 2.45) is 5.41 Å². The van der Waals surface area contributed by atoms with Crippen LogP contribution in [0.1, 0.15) is 136 Å². The van der Waals surface area contributed by atoms with Gasteiger partial charge in [0.05, 0.1) is 10.9 Å². The van der Waals surface area contributed by atoms with Gasteiger partial charge in [0, 0.05) is 34.5 Å². The molecule has 4 rings (SSSR count). The molecule has 1 aliphatic heterocycles. The quantitative estimate of drug-likeness (QED) is 0.290. The molecule has 2 N–H and O–H groups in total. The molecule has 0 aliphatic carbocycles. The van der Waals surface area contributed by atoms with E-state index < -0.39 is 0 Å². The van der Waals surface area contributed by atoms with Gasteiger partial charge in [0.25, 0.3) is 0 Å². The number of hydrogen-bond donors (Lipinski definition) is 1. The Morgan fingerprint density at radius 1 is 0.909 bits per heavy atom. The van der Waals surface area contributed by atoms with E-state index in [1.165, 1.54) is 29.0 Å². The predicted octanol–water partition coefficient (Wildman–Crippen LogP) is 9.68. The number of anilines is 1. The second-order valence-electron chi connectivity index (χ2n) is 16.4. The van der Waals surface area contributed by atoms with Gasteiger partial charge in [-0.2, -0.15) is 0 Å². The first-order valence-corrected chi connectivity index (χ1v) is 16.9. The van der Waals surface area contributed by atoms with E-state index in [1.807, 2.05) is 18.5 Å². The summed E-state index contributed by atoms with van der Waals surface area (Å²) in [5.41, 5.74) is 12.0. The van der Waals surface area contributed by atoms with Crippen LogP contribution in [0.4, 0.5) is 5.82 Å². The van der Waals surface area contributed by atoms with Crippen molar-refractivity contribution < 1.29 is 4.74 Å². The Bertz CT molecular complexity index is 1530. The summed E-state index contributed by atoms with van der Waals surface area (Å²) in [5.74, 6) is 7.85. The average molecular weight is 615 g/mol. The number of piperidine rings is 1. The van der Waals surface area contributed by atoms with Crippen LogP contribution >= 0.6 is 11.3 Å². The highest BCUT2D eigenvalue weighted by Gasteiger charge is 2.34. The minimum Gasteiger partial charge on any atom is -0.485 e. The van der Waals surface area contributed by atoms with Gasteiger partial charge in [-0.3, -0.25) is 4.90 Å². The lowest BCUT2D eigenvalue weighted by atomic mass is 9.72. The van der Waals surface area contributed by atoms with Crippen molar-refractivity contribution in [3.63, 3.8) is 0 Å². The lowest BCUT2D eigenvalue weighted by Crippen LogP contribution is -2.46.